The van der Waals surface area contributed by atoms with Crippen molar-refractivity contribution in [1.29, 1.82) is 0 Å². The number of amides is 1. The fourth-order valence-electron chi connectivity index (χ4n) is 1.31. The molecular formula is C11H21NO5S. The third-order valence-corrected chi connectivity index (χ3v) is 5.06. The summed E-state index contributed by atoms with van der Waals surface area (Å²) in [5, 5.41) is 8.80. The summed E-state index contributed by atoms with van der Waals surface area (Å²) in [5.74, 6) is -1.55. The first-order valence-electron chi connectivity index (χ1n) is 5.81. The molecule has 0 aromatic rings. The first kappa shape index (κ1) is 16.9. The number of nitrogens with one attached hydrogen (secondary N) is 1. The Labute approximate surface area is 108 Å². The van der Waals surface area contributed by atoms with Crippen molar-refractivity contribution in [1.82, 2.24) is 5.32 Å². The van der Waals surface area contributed by atoms with Crippen molar-refractivity contribution in [2.75, 3.05) is 6.54 Å². The second-order valence-corrected chi connectivity index (χ2v) is 7.47. The zero-order valence-corrected chi connectivity index (χ0v) is 12.0. The van der Waals surface area contributed by atoms with Gasteiger partial charge < -0.3 is 10.4 Å². The van der Waals surface area contributed by atoms with E-state index < -0.39 is 38.6 Å². The highest BCUT2D eigenvalue weighted by Crippen LogP contribution is 2.13. The van der Waals surface area contributed by atoms with E-state index in [0.29, 0.717) is 6.54 Å². The predicted octanol–water partition coefficient (Wildman–Crippen LogP) is 0.425. The summed E-state index contributed by atoms with van der Waals surface area (Å²) in [7, 11) is -3.77. The van der Waals surface area contributed by atoms with Crippen LogP contribution < -0.4 is 5.32 Å². The van der Waals surface area contributed by atoms with Crippen molar-refractivity contribution in [3.63, 3.8) is 0 Å². The van der Waals surface area contributed by atoms with Crippen LogP contribution in [0, 0.1) is 5.92 Å². The fourth-order valence-corrected chi connectivity index (χ4v) is 2.76. The Balaban J connectivity index is 4.69. The Morgan fingerprint density at radius 2 is 1.67 bits per heavy atom. The summed E-state index contributed by atoms with van der Waals surface area (Å²) in [5.41, 5.74) is 0. The topological polar surface area (TPSA) is 101 Å². The quantitative estimate of drug-likeness (QED) is 0.703. The lowest BCUT2D eigenvalue weighted by molar-refractivity contribution is -0.137. The van der Waals surface area contributed by atoms with Gasteiger partial charge in [0.15, 0.2) is 9.84 Å². The molecule has 0 rings (SSSR count). The van der Waals surface area contributed by atoms with Crippen LogP contribution in [0.5, 0.6) is 0 Å². The minimum absolute atomic E-state index is 0.222. The maximum absolute atomic E-state index is 11.9. The van der Waals surface area contributed by atoms with E-state index in [1.165, 1.54) is 13.8 Å². The van der Waals surface area contributed by atoms with E-state index in [9.17, 15) is 18.0 Å². The van der Waals surface area contributed by atoms with Gasteiger partial charge in [-0.2, -0.15) is 0 Å². The predicted molar refractivity (Wildman–Crippen MR) is 67.9 cm³/mol. The van der Waals surface area contributed by atoms with E-state index >= 15 is 0 Å². The Kier molecular flexibility index (Phi) is 6.31. The van der Waals surface area contributed by atoms with E-state index in [1.807, 2.05) is 13.8 Å². The van der Waals surface area contributed by atoms with Gasteiger partial charge in [0, 0.05) is 6.54 Å². The van der Waals surface area contributed by atoms with Crippen LogP contribution in [0.15, 0.2) is 0 Å². The number of aliphatic carboxylic acids is 1. The molecule has 0 aliphatic rings. The average molecular weight is 279 g/mol. The van der Waals surface area contributed by atoms with Crippen molar-refractivity contribution < 1.29 is 23.1 Å². The van der Waals surface area contributed by atoms with E-state index in [2.05, 4.69) is 5.32 Å². The number of hydrogen-bond donors (Lipinski definition) is 2. The second kappa shape index (κ2) is 6.72. The van der Waals surface area contributed by atoms with E-state index in [1.54, 1.807) is 0 Å². The lowest BCUT2D eigenvalue weighted by atomic mass is 10.2. The third kappa shape index (κ3) is 5.03. The van der Waals surface area contributed by atoms with Crippen LogP contribution in [0.1, 0.15) is 34.1 Å². The molecule has 2 atom stereocenters. The SMILES string of the molecule is CC(C)CNC(=O)C(C)S(=O)(=O)C(C)CC(=O)O. The molecule has 0 aliphatic carbocycles. The summed E-state index contributed by atoms with van der Waals surface area (Å²) in [6.45, 7) is 6.77. The van der Waals surface area contributed by atoms with Gasteiger partial charge in [-0.25, -0.2) is 8.42 Å². The zero-order chi connectivity index (χ0) is 14.5. The van der Waals surface area contributed by atoms with Crippen molar-refractivity contribution in [2.24, 2.45) is 5.92 Å². The molecule has 18 heavy (non-hydrogen) atoms. The molecule has 2 unspecified atom stereocenters. The third-order valence-electron chi connectivity index (χ3n) is 2.57. The first-order valence-corrected chi connectivity index (χ1v) is 7.42. The maximum Gasteiger partial charge on any atom is 0.304 e. The van der Waals surface area contributed by atoms with Crippen molar-refractivity contribution in [2.45, 2.75) is 44.6 Å². The Bertz CT molecular complexity index is 402. The summed E-state index contributed by atoms with van der Waals surface area (Å²) < 4.78 is 23.9. The van der Waals surface area contributed by atoms with Gasteiger partial charge in [0.1, 0.15) is 5.25 Å². The highest BCUT2D eigenvalue weighted by molar-refractivity contribution is 7.93. The molecule has 0 saturated heterocycles. The summed E-state index contributed by atoms with van der Waals surface area (Å²) in [4.78, 5) is 22.1. The van der Waals surface area contributed by atoms with E-state index in [4.69, 9.17) is 5.11 Å². The second-order valence-electron chi connectivity index (χ2n) is 4.78. The van der Waals surface area contributed by atoms with Crippen LogP contribution >= 0.6 is 0 Å². The van der Waals surface area contributed by atoms with Crippen molar-refractivity contribution >= 4 is 21.7 Å². The number of sulfone groups is 1. The van der Waals surface area contributed by atoms with Crippen LogP contribution in [-0.4, -0.2) is 42.4 Å². The maximum atomic E-state index is 11.9. The number of carbonyl (C=O) groups is 2. The molecule has 0 heterocycles. The molecule has 0 radical (unpaired) electrons. The highest BCUT2D eigenvalue weighted by atomic mass is 32.2. The number of rotatable bonds is 7. The van der Waals surface area contributed by atoms with Crippen LogP contribution in [0.4, 0.5) is 0 Å². The van der Waals surface area contributed by atoms with Crippen LogP contribution in [-0.2, 0) is 19.4 Å². The molecule has 0 aromatic heterocycles. The smallest absolute Gasteiger partial charge is 0.304 e. The Morgan fingerprint density at radius 3 is 2.06 bits per heavy atom. The normalized spacial score (nSPS) is 15.2. The van der Waals surface area contributed by atoms with Gasteiger partial charge in [-0.1, -0.05) is 13.8 Å². The molecule has 106 valence electrons. The molecule has 2 N–H and O–H groups in total. The minimum atomic E-state index is -3.77. The van der Waals surface area contributed by atoms with Gasteiger partial charge in [0.25, 0.3) is 0 Å². The van der Waals surface area contributed by atoms with Crippen LogP contribution in [0.2, 0.25) is 0 Å². The summed E-state index contributed by atoms with van der Waals surface area (Å²) in [6.07, 6.45) is -0.496. The molecule has 0 saturated carbocycles. The van der Waals surface area contributed by atoms with Crippen LogP contribution in [0.3, 0.4) is 0 Å². The largest absolute Gasteiger partial charge is 0.481 e. The Hall–Kier alpha value is -1.11. The highest BCUT2D eigenvalue weighted by Gasteiger charge is 2.34. The molecular weight excluding hydrogens is 258 g/mol. The van der Waals surface area contributed by atoms with Gasteiger partial charge in [-0.3, -0.25) is 9.59 Å². The molecule has 0 spiro atoms. The monoisotopic (exact) mass is 279 g/mol. The van der Waals surface area contributed by atoms with Gasteiger partial charge in [-0.15, -0.1) is 0 Å². The van der Waals surface area contributed by atoms with Crippen LogP contribution in [0.25, 0.3) is 0 Å². The molecule has 0 bridgehead atoms. The van der Waals surface area contributed by atoms with Crippen molar-refractivity contribution in [3.05, 3.63) is 0 Å². The van der Waals surface area contributed by atoms with Gasteiger partial charge in [0.2, 0.25) is 5.91 Å². The fraction of sp³-hybridized carbons (Fsp3) is 0.818. The van der Waals surface area contributed by atoms with Gasteiger partial charge >= 0.3 is 5.97 Å². The number of hydrogen-bond acceptors (Lipinski definition) is 4. The molecule has 6 nitrogen and oxygen atoms in total. The molecule has 1 amide bonds. The van der Waals surface area contributed by atoms with E-state index in [-0.39, 0.29) is 5.92 Å². The van der Waals surface area contributed by atoms with E-state index in [0.717, 1.165) is 0 Å². The minimum Gasteiger partial charge on any atom is -0.481 e. The lowest BCUT2D eigenvalue weighted by Gasteiger charge is -2.18. The summed E-state index contributed by atoms with van der Waals surface area (Å²) in [6, 6.07) is 0. The number of carbonyl (C=O) groups excluding carboxylic acids is 1. The van der Waals surface area contributed by atoms with Gasteiger partial charge in [0.05, 0.1) is 11.7 Å². The lowest BCUT2D eigenvalue weighted by Crippen LogP contribution is -2.42. The molecule has 7 heteroatoms. The standard InChI is InChI=1S/C11H21NO5S/c1-7(2)6-12-11(15)9(4)18(16,17)8(3)5-10(13)14/h7-9H,5-6H2,1-4H3,(H,12,15)(H,13,14). The molecule has 0 aliphatic heterocycles. The molecule has 0 aromatic carbocycles. The average Bonchev–Trinajstić information content (AvgIpc) is 2.23. The first-order chi connectivity index (χ1) is 8.09. The Morgan fingerprint density at radius 1 is 1.17 bits per heavy atom. The zero-order valence-electron chi connectivity index (χ0n) is 11.1. The number of carboxylic acid groups (broad SMARTS) is 1. The molecule has 0 fully saturated rings. The van der Waals surface area contributed by atoms with Crippen molar-refractivity contribution in [3.8, 4) is 0 Å². The van der Waals surface area contributed by atoms with Gasteiger partial charge in [-0.05, 0) is 19.8 Å². The summed E-state index contributed by atoms with van der Waals surface area (Å²) >= 11 is 0. The number of carboxylic acids is 1.